The standard InChI is InChI=1S/C25H24N2O4S2/c1-25(2,3)18-11-9-17(10-12-18)21-15-32-24(26-21)27-23(28)22-14-13-19(31-22)16-33(29,30)20-7-5-4-6-8-20/h4-15H,16H2,1-3H3,(H,26,27,28). The van der Waals surface area contributed by atoms with Crippen LogP contribution in [0.1, 0.15) is 42.6 Å². The largest absolute Gasteiger partial charge is 0.455 e. The van der Waals surface area contributed by atoms with Crippen LogP contribution in [0.2, 0.25) is 0 Å². The van der Waals surface area contributed by atoms with Gasteiger partial charge in [-0.15, -0.1) is 11.3 Å². The van der Waals surface area contributed by atoms with Crippen LogP contribution in [0, 0.1) is 0 Å². The number of carbonyl (C=O) groups excluding carboxylic acids is 1. The molecule has 0 aliphatic rings. The number of carbonyl (C=O) groups is 1. The molecule has 8 heteroatoms. The van der Waals surface area contributed by atoms with E-state index in [1.807, 2.05) is 17.5 Å². The van der Waals surface area contributed by atoms with Crippen LogP contribution < -0.4 is 5.32 Å². The van der Waals surface area contributed by atoms with Gasteiger partial charge in [-0.05, 0) is 35.2 Å². The third-order valence-corrected chi connectivity index (χ3v) is 7.50. The number of furan rings is 1. The summed E-state index contributed by atoms with van der Waals surface area (Å²) in [4.78, 5) is 17.3. The summed E-state index contributed by atoms with van der Waals surface area (Å²) in [7, 11) is -3.56. The number of hydrogen-bond acceptors (Lipinski definition) is 6. The minimum atomic E-state index is -3.56. The maximum absolute atomic E-state index is 12.6. The van der Waals surface area contributed by atoms with Gasteiger partial charge in [0.2, 0.25) is 0 Å². The number of thiazole rings is 1. The number of aromatic nitrogens is 1. The van der Waals surface area contributed by atoms with Gasteiger partial charge in [0.05, 0.1) is 10.6 Å². The molecule has 2 heterocycles. The van der Waals surface area contributed by atoms with Gasteiger partial charge in [-0.2, -0.15) is 0 Å². The molecule has 0 saturated heterocycles. The number of hydrogen-bond donors (Lipinski definition) is 1. The molecule has 4 aromatic rings. The van der Waals surface area contributed by atoms with Crippen molar-refractivity contribution < 1.29 is 17.6 Å². The Morgan fingerprint density at radius 2 is 1.70 bits per heavy atom. The molecule has 2 aromatic carbocycles. The Balaban J connectivity index is 1.43. The second-order valence-electron chi connectivity index (χ2n) is 8.66. The van der Waals surface area contributed by atoms with Crippen LogP contribution in [0.4, 0.5) is 5.13 Å². The van der Waals surface area contributed by atoms with Gasteiger partial charge in [-0.25, -0.2) is 13.4 Å². The molecule has 0 radical (unpaired) electrons. The van der Waals surface area contributed by atoms with Gasteiger partial charge in [-0.3, -0.25) is 10.1 Å². The van der Waals surface area contributed by atoms with Crippen molar-refractivity contribution in [3.8, 4) is 11.3 Å². The molecule has 33 heavy (non-hydrogen) atoms. The van der Waals surface area contributed by atoms with Crippen molar-refractivity contribution in [2.24, 2.45) is 0 Å². The van der Waals surface area contributed by atoms with Crippen LogP contribution in [0.5, 0.6) is 0 Å². The molecule has 0 aliphatic carbocycles. The van der Waals surface area contributed by atoms with Gasteiger partial charge in [0, 0.05) is 10.9 Å². The average molecular weight is 481 g/mol. The summed E-state index contributed by atoms with van der Waals surface area (Å²) >= 11 is 1.31. The molecule has 170 valence electrons. The fourth-order valence-electron chi connectivity index (χ4n) is 3.24. The third-order valence-electron chi connectivity index (χ3n) is 5.09. The highest BCUT2D eigenvalue weighted by Crippen LogP contribution is 2.29. The van der Waals surface area contributed by atoms with Gasteiger partial charge in [-0.1, -0.05) is 63.2 Å². The quantitative estimate of drug-likeness (QED) is 0.370. The van der Waals surface area contributed by atoms with E-state index in [0.717, 1.165) is 11.3 Å². The molecule has 0 unspecified atom stereocenters. The Kier molecular flexibility index (Phi) is 6.23. The van der Waals surface area contributed by atoms with Gasteiger partial charge in [0.15, 0.2) is 20.7 Å². The van der Waals surface area contributed by atoms with Crippen molar-refractivity contribution in [3.05, 3.63) is 89.2 Å². The first-order valence-electron chi connectivity index (χ1n) is 10.4. The molecule has 0 aliphatic heterocycles. The van der Waals surface area contributed by atoms with E-state index in [4.69, 9.17) is 4.42 Å². The lowest BCUT2D eigenvalue weighted by molar-refractivity contribution is 0.0995. The van der Waals surface area contributed by atoms with Crippen LogP contribution in [0.15, 0.2) is 81.4 Å². The second-order valence-corrected chi connectivity index (χ2v) is 11.5. The van der Waals surface area contributed by atoms with Gasteiger partial charge in [0.25, 0.3) is 5.91 Å². The molecule has 1 N–H and O–H groups in total. The smallest absolute Gasteiger partial charge is 0.293 e. The molecule has 0 bridgehead atoms. The normalized spacial score (nSPS) is 12.0. The van der Waals surface area contributed by atoms with Crippen LogP contribution in [-0.4, -0.2) is 19.3 Å². The fourth-order valence-corrected chi connectivity index (χ4v) is 5.22. The van der Waals surface area contributed by atoms with Crippen molar-refractivity contribution in [1.29, 1.82) is 0 Å². The van der Waals surface area contributed by atoms with Crippen LogP contribution >= 0.6 is 11.3 Å². The van der Waals surface area contributed by atoms with Crippen LogP contribution in [-0.2, 0) is 21.0 Å². The number of amides is 1. The SMILES string of the molecule is CC(C)(C)c1ccc(-c2csc(NC(=O)c3ccc(CS(=O)(=O)c4ccccc4)o3)n2)cc1. The van der Waals surface area contributed by atoms with E-state index < -0.39 is 15.7 Å². The molecule has 0 spiro atoms. The van der Waals surface area contributed by atoms with E-state index >= 15 is 0 Å². The Labute approximate surface area is 197 Å². The molecule has 2 aromatic heterocycles. The maximum atomic E-state index is 12.6. The van der Waals surface area contributed by atoms with E-state index in [1.165, 1.54) is 41.2 Å². The van der Waals surface area contributed by atoms with Gasteiger partial charge in [0.1, 0.15) is 11.5 Å². The van der Waals surface area contributed by atoms with Crippen molar-refractivity contribution in [2.45, 2.75) is 36.8 Å². The summed E-state index contributed by atoms with van der Waals surface area (Å²) in [5.41, 5.74) is 3.04. The molecule has 1 amide bonds. The van der Waals surface area contributed by atoms with Crippen molar-refractivity contribution in [2.75, 3.05) is 5.32 Å². The highest BCUT2D eigenvalue weighted by Gasteiger charge is 2.20. The van der Waals surface area contributed by atoms with Crippen LogP contribution in [0.25, 0.3) is 11.3 Å². The zero-order valence-electron chi connectivity index (χ0n) is 18.5. The van der Waals surface area contributed by atoms with E-state index in [1.54, 1.807) is 18.2 Å². The minimum Gasteiger partial charge on any atom is -0.455 e. The Morgan fingerprint density at radius 3 is 2.36 bits per heavy atom. The lowest BCUT2D eigenvalue weighted by Gasteiger charge is -2.18. The summed E-state index contributed by atoms with van der Waals surface area (Å²) < 4.78 is 30.5. The highest BCUT2D eigenvalue weighted by molar-refractivity contribution is 7.90. The molecular formula is C25H24N2O4S2. The van der Waals surface area contributed by atoms with E-state index in [0.29, 0.717) is 5.13 Å². The minimum absolute atomic E-state index is 0.0274. The first-order valence-corrected chi connectivity index (χ1v) is 12.9. The summed E-state index contributed by atoms with van der Waals surface area (Å²) in [6.45, 7) is 6.49. The second kappa shape index (κ2) is 8.96. The number of nitrogens with one attached hydrogen (secondary N) is 1. The molecule has 4 rings (SSSR count). The van der Waals surface area contributed by atoms with Gasteiger partial charge >= 0.3 is 0 Å². The summed E-state index contributed by atoms with van der Waals surface area (Å²) in [5.74, 6) is -0.583. The maximum Gasteiger partial charge on any atom is 0.293 e. The first-order chi connectivity index (χ1) is 15.6. The average Bonchev–Trinajstić information content (AvgIpc) is 3.43. The molecule has 0 fully saturated rings. The zero-order valence-corrected chi connectivity index (χ0v) is 20.2. The fraction of sp³-hybridized carbons (Fsp3) is 0.200. The lowest BCUT2D eigenvalue weighted by Crippen LogP contribution is -2.11. The number of anilines is 1. The first kappa shape index (κ1) is 22.9. The molecule has 0 atom stereocenters. The lowest BCUT2D eigenvalue weighted by atomic mass is 9.86. The molecule has 6 nitrogen and oxygen atoms in total. The third kappa shape index (κ3) is 5.40. The van der Waals surface area contributed by atoms with Crippen molar-refractivity contribution in [3.63, 3.8) is 0 Å². The number of benzene rings is 2. The van der Waals surface area contributed by atoms with Crippen molar-refractivity contribution >= 4 is 32.2 Å². The highest BCUT2D eigenvalue weighted by atomic mass is 32.2. The topological polar surface area (TPSA) is 89.3 Å². The summed E-state index contributed by atoms with van der Waals surface area (Å²) in [5, 5.41) is 5.03. The monoisotopic (exact) mass is 480 g/mol. The van der Waals surface area contributed by atoms with E-state index in [9.17, 15) is 13.2 Å². The Morgan fingerprint density at radius 1 is 1.00 bits per heavy atom. The molecular weight excluding hydrogens is 456 g/mol. The predicted molar refractivity (Wildman–Crippen MR) is 130 cm³/mol. The number of nitrogens with zero attached hydrogens (tertiary/aromatic N) is 1. The van der Waals surface area contributed by atoms with E-state index in [2.05, 4.69) is 43.2 Å². The van der Waals surface area contributed by atoms with Gasteiger partial charge < -0.3 is 4.42 Å². The predicted octanol–water partition coefficient (Wildman–Crippen LogP) is 5.93. The zero-order chi connectivity index (χ0) is 23.6. The van der Waals surface area contributed by atoms with Crippen LogP contribution in [0.3, 0.4) is 0 Å². The Bertz CT molecular complexity index is 1360. The summed E-state index contributed by atoms with van der Waals surface area (Å²) in [6.07, 6.45) is 0. The van der Waals surface area contributed by atoms with Crippen molar-refractivity contribution in [1.82, 2.24) is 4.98 Å². The Hall–Kier alpha value is -3.23. The summed E-state index contributed by atoms with van der Waals surface area (Å²) in [6, 6.07) is 19.3. The number of rotatable bonds is 6. The molecule has 0 saturated carbocycles. The number of sulfone groups is 1. The van der Waals surface area contributed by atoms with E-state index in [-0.39, 0.29) is 27.6 Å².